The lowest BCUT2D eigenvalue weighted by molar-refractivity contribution is 0.459. The van der Waals surface area contributed by atoms with Gasteiger partial charge in [-0.15, -0.1) is 0 Å². The topological polar surface area (TPSA) is 21.3 Å². The summed E-state index contributed by atoms with van der Waals surface area (Å²) in [6, 6.07) is 15.8. The van der Waals surface area contributed by atoms with Gasteiger partial charge in [0.05, 0.1) is 0 Å². The number of halogens is 1. The number of hydrogen-bond acceptors (Lipinski definition) is 2. The summed E-state index contributed by atoms with van der Waals surface area (Å²) in [5.74, 6) is 1.62. The number of nitrogens with one attached hydrogen (secondary N) is 1. The van der Waals surface area contributed by atoms with Gasteiger partial charge in [0.15, 0.2) is 0 Å². The first-order valence-electron chi connectivity index (χ1n) is 6.44. The van der Waals surface area contributed by atoms with Crippen LogP contribution in [0.25, 0.3) is 0 Å². The van der Waals surface area contributed by atoms with E-state index in [2.05, 4.69) is 18.3 Å². The lowest BCUT2D eigenvalue weighted by Crippen LogP contribution is -2.15. The lowest BCUT2D eigenvalue weighted by Gasteiger charge is -2.18. The van der Waals surface area contributed by atoms with Crippen molar-refractivity contribution < 1.29 is 4.74 Å². The molecule has 0 heterocycles. The molecule has 100 valence electrons. The molecule has 3 heteroatoms. The maximum absolute atomic E-state index is 5.98. The molecule has 0 fully saturated rings. The highest BCUT2D eigenvalue weighted by atomic mass is 35.5. The van der Waals surface area contributed by atoms with Crippen LogP contribution in [0.2, 0.25) is 5.02 Å². The van der Waals surface area contributed by atoms with Crippen LogP contribution >= 0.6 is 11.6 Å². The summed E-state index contributed by atoms with van der Waals surface area (Å²) in [4.78, 5) is 0. The number of rotatable bonds is 5. The summed E-state index contributed by atoms with van der Waals surface area (Å²) >= 11 is 5.98. The first kappa shape index (κ1) is 13.9. The van der Waals surface area contributed by atoms with E-state index in [0.29, 0.717) is 5.02 Å². The van der Waals surface area contributed by atoms with Crippen molar-refractivity contribution in [1.82, 2.24) is 5.32 Å². The second-order valence-corrected chi connectivity index (χ2v) is 4.78. The first-order chi connectivity index (χ1) is 9.24. The van der Waals surface area contributed by atoms with Gasteiger partial charge in [-0.2, -0.15) is 0 Å². The molecule has 2 aromatic carbocycles. The van der Waals surface area contributed by atoms with Gasteiger partial charge in [-0.25, -0.2) is 0 Å². The van der Waals surface area contributed by atoms with Gasteiger partial charge < -0.3 is 10.1 Å². The van der Waals surface area contributed by atoms with Gasteiger partial charge in [0.25, 0.3) is 0 Å². The van der Waals surface area contributed by atoms with E-state index in [4.69, 9.17) is 16.3 Å². The van der Waals surface area contributed by atoms with Gasteiger partial charge in [-0.3, -0.25) is 0 Å². The zero-order valence-electron chi connectivity index (χ0n) is 11.2. The third kappa shape index (κ3) is 3.49. The minimum atomic E-state index is 0.287. The predicted molar refractivity (Wildman–Crippen MR) is 80.1 cm³/mol. The molecule has 1 atom stereocenters. The maximum Gasteiger partial charge on any atom is 0.132 e. The third-order valence-corrected chi connectivity index (χ3v) is 3.31. The van der Waals surface area contributed by atoms with E-state index in [0.717, 1.165) is 23.5 Å². The summed E-state index contributed by atoms with van der Waals surface area (Å²) < 4.78 is 5.95. The monoisotopic (exact) mass is 275 g/mol. The zero-order chi connectivity index (χ0) is 13.7. The van der Waals surface area contributed by atoms with Crippen molar-refractivity contribution in [1.29, 1.82) is 0 Å². The molecule has 0 radical (unpaired) electrons. The average molecular weight is 276 g/mol. The Bertz CT molecular complexity index is 538. The van der Waals surface area contributed by atoms with Crippen molar-refractivity contribution in [2.45, 2.75) is 19.4 Å². The highest BCUT2D eigenvalue weighted by Gasteiger charge is 2.12. The van der Waals surface area contributed by atoms with Gasteiger partial charge in [-0.05, 0) is 37.7 Å². The number of ether oxygens (including phenoxy) is 1. The molecule has 0 bridgehead atoms. The summed E-state index contributed by atoms with van der Waals surface area (Å²) in [6.45, 7) is 2.15. The molecule has 0 spiro atoms. The molecule has 2 aromatic rings. The molecule has 19 heavy (non-hydrogen) atoms. The standard InChI is InChI=1S/C16H18ClNO/c1-3-15(18-2)14-9-4-5-10-16(14)19-13-8-6-7-12(17)11-13/h4-11,15,18H,3H2,1-2H3. The van der Waals surface area contributed by atoms with E-state index < -0.39 is 0 Å². The number of para-hydroxylation sites is 1. The van der Waals surface area contributed by atoms with Crippen molar-refractivity contribution >= 4 is 11.6 Å². The van der Waals surface area contributed by atoms with E-state index in [1.165, 1.54) is 0 Å². The molecule has 0 aliphatic rings. The minimum Gasteiger partial charge on any atom is -0.457 e. The Morgan fingerprint density at radius 1 is 1.16 bits per heavy atom. The van der Waals surface area contributed by atoms with E-state index in [-0.39, 0.29) is 6.04 Å². The van der Waals surface area contributed by atoms with Crippen LogP contribution in [0, 0.1) is 0 Å². The molecule has 2 nitrogen and oxygen atoms in total. The summed E-state index contributed by atoms with van der Waals surface area (Å²) in [5.41, 5.74) is 1.16. The molecular formula is C16H18ClNO. The Labute approximate surface area is 119 Å². The SMILES string of the molecule is CCC(NC)c1ccccc1Oc1cccc(Cl)c1. The largest absolute Gasteiger partial charge is 0.457 e. The molecule has 1 N–H and O–H groups in total. The van der Waals surface area contributed by atoms with Gasteiger partial charge in [0.2, 0.25) is 0 Å². The Hall–Kier alpha value is -1.51. The molecule has 0 saturated heterocycles. The molecule has 0 amide bonds. The average Bonchev–Trinajstić information content (AvgIpc) is 2.42. The van der Waals surface area contributed by atoms with E-state index in [1.54, 1.807) is 0 Å². The Morgan fingerprint density at radius 3 is 2.63 bits per heavy atom. The fraction of sp³-hybridized carbons (Fsp3) is 0.250. The van der Waals surface area contributed by atoms with Crippen LogP contribution in [0.1, 0.15) is 24.9 Å². The van der Waals surface area contributed by atoms with Crippen LogP contribution in [0.3, 0.4) is 0 Å². The van der Waals surface area contributed by atoms with Gasteiger partial charge in [-0.1, -0.05) is 42.8 Å². The molecule has 2 rings (SSSR count). The zero-order valence-corrected chi connectivity index (χ0v) is 11.9. The number of hydrogen-bond donors (Lipinski definition) is 1. The van der Waals surface area contributed by atoms with Crippen molar-refractivity contribution in [2.75, 3.05) is 7.05 Å². The Morgan fingerprint density at radius 2 is 1.95 bits per heavy atom. The van der Waals surface area contributed by atoms with Gasteiger partial charge >= 0.3 is 0 Å². The Kier molecular flexibility index (Phi) is 4.83. The molecule has 0 saturated carbocycles. The second-order valence-electron chi connectivity index (χ2n) is 4.35. The smallest absolute Gasteiger partial charge is 0.132 e. The van der Waals surface area contributed by atoms with Crippen molar-refractivity contribution in [2.24, 2.45) is 0 Å². The maximum atomic E-state index is 5.98. The minimum absolute atomic E-state index is 0.287. The van der Waals surface area contributed by atoms with E-state index >= 15 is 0 Å². The van der Waals surface area contributed by atoms with Gasteiger partial charge in [0, 0.05) is 16.6 Å². The summed E-state index contributed by atoms with van der Waals surface area (Å²) in [5, 5.41) is 3.98. The van der Waals surface area contributed by atoms with Crippen LogP contribution in [-0.4, -0.2) is 7.05 Å². The first-order valence-corrected chi connectivity index (χ1v) is 6.82. The Balaban J connectivity index is 2.30. The fourth-order valence-electron chi connectivity index (χ4n) is 2.10. The van der Waals surface area contributed by atoms with Gasteiger partial charge in [0.1, 0.15) is 11.5 Å². The van der Waals surface area contributed by atoms with Crippen LogP contribution < -0.4 is 10.1 Å². The van der Waals surface area contributed by atoms with E-state index in [1.807, 2.05) is 49.5 Å². The number of benzene rings is 2. The normalized spacial score (nSPS) is 12.2. The summed E-state index contributed by atoms with van der Waals surface area (Å²) in [6.07, 6.45) is 1.01. The third-order valence-electron chi connectivity index (χ3n) is 3.08. The van der Waals surface area contributed by atoms with Crippen molar-refractivity contribution in [3.05, 3.63) is 59.1 Å². The molecule has 0 aliphatic heterocycles. The molecule has 1 unspecified atom stereocenters. The second kappa shape index (κ2) is 6.60. The van der Waals surface area contributed by atoms with Crippen LogP contribution in [0.4, 0.5) is 0 Å². The molecular weight excluding hydrogens is 258 g/mol. The molecule has 0 aliphatic carbocycles. The van der Waals surface area contributed by atoms with Crippen molar-refractivity contribution in [3.8, 4) is 11.5 Å². The van der Waals surface area contributed by atoms with E-state index in [9.17, 15) is 0 Å². The highest BCUT2D eigenvalue weighted by molar-refractivity contribution is 6.30. The highest BCUT2D eigenvalue weighted by Crippen LogP contribution is 2.31. The van der Waals surface area contributed by atoms with Crippen LogP contribution in [-0.2, 0) is 0 Å². The quantitative estimate of drug-likeness (QED) is 0.846. The van der Waals surface area contributed by atoms with Crippen molar-refractivity contribution in [3.63, 3.8) is 0 Å². The van der Waals surface area contributed by atoms with Crippen LogP contribution in [0.5, 0.6) is 11.5 Å². The lowest BCUT2D eigenvalue weighted by atomic mass is 10.0. The van der Waals surface area contributed by atoms with Crippen LogP contribution in [0.15, 0.2) is 48.5 Å². The summed E-state index contributed by atoms with van der Waals surface area (Å²) in [7, 11) is 1.96. The fourth-order valence-corrected chi connectivity index (χ4v) is 2.28. The molecule has 0 aromatic heterocycles. The predicted octanol–water partition coefficient (Wildman–Crippen LogP) is 4.80.